The zero-order valence-corrected chi connectivity index (χ0v) is 8.73. The molecule has 0 unspecified atom stereocenters. The van der Waals surface area contributed by atoms with Crippen LogP contribution in [0, 0.1) is 0 Å². The van der Waals surface area contributed by atoms with Crippen molar-refractivity contribution in [1.29, 1.82) is 0 Å². The summed E-state index contributed by atoms with van der Waals surface area (Å²) in [4.78, 5) is 0. The molecule has 0 aromatic rings. The highest BCUT2D eigenvalue weighted by atomic mass is 15.0. The highest BCUT2D eigenvalue weighted by Crippen LogP contribution is 2.33. The Balaban J connectivity index is 1.63. The summed E-state index contributed by atoms with van der Waals surface area (Å²) in [7, 11) is 0. The SMILES string of the molecule is CC1(NCCC2(N)CCC2)CCC1. The van der Waals surface area contributed by atoms with Gasteiger partial charge in [0.05, 0.1) is 0 Å². The molecule has 0 aromatic carbocycles. The Bertz CT molecular complexity index is 161. The second kappa shape index (κ2) is 3.25. The number of nitrogens with one attached hydrogen (secondary N) is 1. The summed E-state index contributed by atoms with van der Waals surface area (Å²) < 4.78 is 0. The third-order valence-electron chi connectivity index (χ3n) is 3.98. The summed E-state index contributed by atoms with van der Waals surface area (Å²) in [5.41, 5.74) is 6.81. The maximum atomic E-state index is 6.15. The topological polar surface area (TPSA) is 38.0 Å². The molecule has 2 aliphatic rings. The number of hydrogen-bond donors (Lipinski definition) is 2. The molecule has 76 valence electrons. The average Bonchev–Trinajstić information content (AvgIpc) is 1.98. The molecule has 2 saturated carbocycles. The van der Waals surface area contributed by atoms with Gasteiger partial charge in [-0.2, -0.15) is 0 Å². The van der Waals surface area contributed by atoms with Crippen molar-refractivity contribution in [1.82, 2.24) is 5.32 Å². The van der Waals surface area contributed by atoms with E-state index in [9.17, 15) is 0 Å². The van der Waals surface area contributed by atoms with Crippen molar-refractivity contribution in [2.75, 3.05) is 6.54 Å². The fourth-order valence-electron chi connectivity index (χ4n) is 2.38. The molecule has 2 rings (SSSR count). The van der Waals surface area contributed by atoms with E-state index in [-0.39, 0.29) is 5.54 Å². The summed E-state index contributed by atoms with van der Waals surface area (Å²) in [5, 5.41) is 3.64. The third-order valence-corrected chi connectivity index (χ3v) is 3.98. The van der Waals surface area contributed by atoms with Crippen molar-refractivity contribution < 1.29 is 0 Å². The maximum Gasteiger partial charge on any atom is 0.0166 e. The summed E-state index contributed by atoms with van der Waals surface area (Å²) in [6.45, 7) is 3.45. The molecule has 0 heterocycles. The standard InChI is InChI=1S/C11H22N2/c1-10(4-2-5-10)13-9-8-11(12)6-3-7-11/h13H,2-9,12H2,1H3. The van der Waals surface area contributed by atoms with Crippen LogP contribution in [0.2, 0.25) is 0 Å². The van der Waals surface area contributed by atoms with Crippen LogP contribution in [0.3, 0.4) is 0 Å². The summed E-state index contributed by atoms with van der Waals surface area (Å²) in [5.74, 6) is 0. The van der Waals surface area contributed by atoms with Crippen LogP contribution in [0.1, 0.15) is 51.9 Å². The molecule has 3 N–H and O–H groups in total. The summed E-state index contributed by atoms with van der Waals surface area (Å²) in [6.07, 6.45) is 9.10. The fourth-order valence-corrected chi connectivity index (χ4v) is 2.38. The quantitative estimate of drug-likeness (QED) is 0.695. The molecule has 2 heteroatoms. The predicted molar refractivity (Wildman–Crippen MR) is 55.6 cm³/mol. The Labute approximate surface area is 81.3 Å². The van der Waals surface area contributed by atoms with Crippen LogP contribution in [-0.4, -0.2) is 17.6 Å². The maximum absolute atomic E-state index is 6.15. The molecule has 0 saturated heterocycles. The molecule has 2 aliphatic carbocycles. The average molecular weight is 182 g/mol. The van der Waals surface area contributed by atoms with Gasteiger partial charge < -0.3 is 11.1 Å². The van der Waals surface area contributed by atoms with E-state index in [1.807, 2.05) is 0 Å². The Morgan fingerprint density at radius 3 is 2.15 bits per heavy atom. The molecule has 0 aromatic heterocycles. The Morgan fingerprint density at radius 2 is 1.77 bits per heavy atom. The van der Waals surface area contributed by atoms with Crippen LogP contribution < -0.4 is 11.1 Å². The van der Waals surface area contributed by atoms with Crippen molar-refractivity contribution in [2.45, 2.75) is 62.9 Å². The molecule has 0 aliphatic heterocycles. The molecule has 2 nitrogen and oxygen atoms in total. The largest absolute Gasteiger partial charge is 0.325 e. The lowest BCUT2D eigenvalue weighted by molar-refractivity contribution is 0.179. The first-order valence-electron chi connectivity index (χ1n) is 5.66. The lowest BCUT2D eigenvalue weighted by atomic mass is 9.74. The van der Waals surface area contributed by atoms with Gasteiger partial charge in [0.1, 0.15) is 0 Å². The van der Waals surface area contributed by atoms with Gasteiger partial charge in [-0.05, 0) is 58.4 Å². The van der Waals surface area contributed by atoms with Gasteiger partial charge in [0.25, 0.3) is 0 Å². The van der Waals surface area contributed by atoms with Gasteiger partial charge >= 0.3 is 0 Å². The van der Waals surface area contributed by atoms with Gasteiger partial charge in [0.2, 0.25) is 0 Å². The van der Waals surface area contributed by atoms with Gasteiger partial charge in [-0.25, -0.2) is 0 Å². The lowest BCUT2D eigenvalue weighted by Crippen LogP contribution is -2.53. The first-order valence-corrected chi connectivity index (χ1v) is 5.66. The monoisotopic (exact) mass is 182 g/mol. The number of rotatable bonds is 4. The normalized spacial score (nSPS) is 29.1. The minimum absolute atomic E-state index is 0.201. The first kappa shape index (κ1) is 9.47. The Hall–Kier alpha value is -0.0800. The molecule has 0 amide bonds. The Kier molecular flexibility index (Phi) is 2.37. The van der Waals surface area contributed by atoms with Gasteiger partial charge in [-0.3, -0.25) is 0 Å². The minimum atomic E-state index is 0.201. The van der Waals surface area contributed by atoms with Gasteiger partial charge in [-0.1, -0.05) is 0 Å². The van der Waals surface area contributed by atoms with Crippen molar-refractivity contribution in [3.8, 4) is 0 Å². The van der Waals surface area contributed by atoms with Crippen LogP contribution in [-0.2, 0) is 0 Å². The summed E-state index contributed by atoms with van der Waals surface area (Å²) >= 11 is 0. The third kappa shape index (κ3) is 2.05. The van der Waals surface area contributed by atoms with Crippen molar-refractivity contribution in [3.05, 3.63) is 0 Å². The van der Waals surface area contributed by atoms with Gasteiger partial charge in [0.15, 0.2) is 0 Å². The minimum Gasteiger partial charge on any atom is -0.325 e. The molecule has 0 spiro atoms. The molecular weight excluding hydrogens is 160 g/mol. The molecule has 2 fully saturated rings. The zero-order valence-electron chi connectivity index (χ0n) is 8.73. The van der Waals surface area contributed by atoms with E-state index in [0.717, 1.165) is 6.54 Å². The smallest absolute Gasteiger partial charge is 0.0166 e. The molecule has 0 radical (unpaired) electrons. The predicted octanol–water partition coefficient (Wildman–Crippen LogP) is 1.79. The van der Waals surface area contributed by atoms with Crippen LogP contribution in [0.4, 0.5) is 0 Å². The zero-order chi connectivity index (χ0) is 9.36. The number of nitrogens with two attached hydrogens (primary N) is 1. The van der Waals surface area contributed by atoms with Crippen LogP contribution in [0.25, 0.3) is 0 Å². The van der Waals surface area contributed by atoms with E-state index in [1.54, 1.807) is 0 Å². The van der Waals surface area contributed by atoms with Gasteiger partial charge in [0, 0.05) is 11.1 Å². The van der Waals surface area contributed by atoms with Crippen LogP contribution in [0.5, 0.6) is 0 Å². The van der Waals surface area contributed by atoms with Crippen LogP contribution >= 0.6 is 0 Å². The fraction of sp³-hybridized carbons (Fsp3) is 1.00. The van der Waals surface area contributed by atoms with E-state index in [4.69, 9.17) is 5.73 Å². The van der Waals surface area contributed by atoms with E-state index in [1.165, 1.54) is 44.9 Å². The summed E-state index contributed by atoms with van der Waals surface area (Å²) in [6, 6.07) is 0. The van der Waals surface area contributed by atoms with Crippen LogP contribution in [0.15, 0.2) is 0 Å². The van der Waals surface area contributed by atoms with E-state index >= 15 is 0 Å². The molecule has 0 atom stereocenters. The second-order valence-corrected chi connectivity index (χ2v) is 5.31. The molecule has 13 heavy (non-hydrogen) atoms. The van der Waals surface area contributed by atoms with Gasteiger partial charge in [-0.15, -0.1) is 0 Å². The highest BCUT2D eigenvalue weighted by Gasteiger charge is 2.34. The molecular formula is C11H22N2. The van der Waals surface area contributed by atoms with Crippen molar-refractivity contribution in [2.24, 2.45) is 5.73 Å². The van der Waals surface area contributed by atoms with E-state index < -0.39 is 0 Å². The molecule has 0 bridgehead atoms. The van der Waals surface area contributed by atoms with Crippen molar-refractivity contribution in [3.63, 3.8) is 0 Å². The van der Waals surface area contributed by atoms with Crippen molar-refractivity contribution >= 4 is 0 Å². The number of hydrogen-bond acceptors (Lipinski definition) is 2. The highest BCUT2D eigenvalue weighted by molar-refractivity contribution is 4.96. The lowest BCUT2D eigenvalue weighted by Gasteiger charge is -2.42. The second-order valence-electron chi connectivity index (χ2n) is 5.31. The van der Waals surface area contributed by atoms with E-state index in [0.29, 0.717) is 5.54 Å². The first-order chi connectivity index (χ1) is 6.12. The van der Waals surface area contributed by atoms with E-state index in [2.05, 4.69) is 12.2 Å². The Morgan fingerprint density at radius 1 is 1.15 bits per heavy atom.